The highest BCUT2D eigenvalue weighted by molar-refractivity contribution is 5.81. The molecule has 0 aliphatic rings. The third-order valence-electron chi connectivity index (χ3n) is 3.05. The molecule has 0 amide bonds. The highest BCUT2D eigenvalue weighted by atomic mass is 16.5. The van der Waals surface area contributed by atoms with Crippen LogP contribution < -0.4 is 5.32 Å². The Morgan fingerprint density at radius 2 is 2.11 bits per heavy atom. The van der Waals surface area contributed by atoms with Crippen LogP contribution >= 0.6 is 0 Å². The Kier molecular flexibility index (Phi) is 4.93. The molecule has 1 aromatic heterocycles. The van der Waals surface area contributed by atoms with E-state index in [0.717, 1.165) is 31.9 Å². The van der Waals surface area contributed by atoms with Gasteiger partial charge in [0.15, 0.2) is 0 Å². The monoisotopic (exact) mass is 261 g/mol. The summed E-state index contributed by atoms with van der Waals surface area (Å²) in [5.41, 5.74) is 2.34. The van der Waals surface area contributed by atoms with Gasteiger partial charge in [-0.3, -0.25) is 4.68 Å². The summed E-state index contributed by atoms with van der Waals surface area (Å²) in [6.07, 6.45) is 0. The van der Waals surface area contributed by atoms with Gasteiger partial charge in [0.1, 0.15) is 0 Å². The van der Waals surface area contributed by atoms with Gasteiger partial charge >= 0.3 is 0 Å². The minimum absolute atomic E-state index is 0.595. The van der Waals surface area contributed by atoms with E-state index in [-0.39, 0.29) is 0 Å². The number of ether oxygens (including phenoxy) is 1. The van der Waals surface area contributed by atoms with Gasteiger partial charge in [0.25, 0.3) is 0 Å². The second kappa shape index (κ2) is 6.68. The fourth-order valence-corrected chi connectivity index (χ4v) is 2.19. The molecule has 0 spiro atoms. The molecule has 0 aliphatic heterocycles. The van der Waals surface area contributed by atoms with Crippen molar-refractivity contribution in [3.05, 3.63) is 30.0 Å². The summed E-state index contributed by atoms with van der Waals surface area (Å²) in [7, 11) is 1.72. The van der Waals surface area contributed by atoms with Gasteiger partial charge in [0.05, 0.1) is 17.8 Å². The van der Waals surface area contributed by atoms with Crippen LogP contribution in [0.2, 0.25) is 0 Å². The van der Waals surface area contributed by atoms with E-state index in [9.17, 15) is 0 Å². The third-order valence-corrected chi connectivity index (χ3v) is 3.05. The van der Waals surface area contributed by atoms with E-state index < -0.39 is 0 Å². The van der Waals surface area contributed by atoms with Crippen LogP contribution in [0.25, 0.3) is 10.9 Å². The molecule has 0 atom stereocenters. The number of fused-ring (bicyclic) bond motifs is 1. The summed E-state index contributed by atoms with van der Waals surface area (Å²) in [4.78, 5) is 0. The molecule has 0 fully saturated rings. The SMILES string of the molecule is COCCNCc1nn(CC(C)C)c2ccccc12. The molecular formula is C15H23N3O. The van der Waals surface area contributed by atoms with Gasteiger partial charge in [0.2, 0.25) is 0 Å². The molecule has 0 bridgehead atoms. The van der Waals surface area contributed by atoms with Gasteiger partial charge in [-0.05, 0) is 12.0 Å². The topological polar surface area (TPSA) is 39.1 Å². The van der Waals surface area contributed by atoms with Crippen molar-refractivity contribution >= 4 is 10.9 Å². The Balaban J connectivity index is 2.18. The van der Waals surface area contributed by atoms with Crippen LogP contribution in [-0.4, -0.2) is 30.0 Å². The number of para-hydroxylation sites is 1. The summed E-state index contributed by atoms with van der Waals surface area (Å²) in [5, 5.41) is 9.34. The number of aromatic nitrogens is 2. The molecule has 19 heavy (non-hydrogen) atoms. The van der Waals surface area contributed by atoms with Gasteiger partial charge in [0, 0.05) is 32.1 Å². The quantitative estimate of drug-likeness (QED) is 0.778. The van der Waals surface area contributed by atoms with Crippen molar-refractivity contribution in [2.45, 2.75) is 26.9 Å². The van der Waals surface area contributed by atoms with Crippen LogP contribution in [0.3, 0.4) is 0 Å². The fourth-order valence-electron chi connectivity index (χ4n) is 2.19. The lowest BCUT2D eigenvalue weighted by atomic mass is 10.2. The van der Waals surface area contributed by atoms with Gasteiger partial charge in [-0.2, -0.15) is 5.10 Å². The van der Waals surface area contributed by atoms with Crippen molar-refractivity contribution in [2.75, 3.05) is 20.3 Å². The Labute approximate surface area is 114 Å². The van der Waals surface area contributed by atoms with E-state index in [1.807, 2.05) is 0 Å². The highest BCUT2D eigenvalue weighted by Crippen LogP contribution is 2.19. The van der Waals surface area contributed by atoms with Crippen LogP contribution in [0.1, 0.15) is 19.5 Å². The van der Waals surface area contributed by atoms with E-state index in [1.165, 1.54) is 10.9 Å². The van der Waals surface area contributed by atoms with Crippen molar-refractivity contribution in [3.8, 4) is 0 Å². The summed E-state index contributed by atoms with van der Waals surface area (Å²) in [6, 6.07) is 8.43. The molecule has 1 N–H and O–H groups in total. The van der Waals surface area contributed by atoms with Gasteiger partial charge in [-0.25, -0.2) is 0 Å². The molecule has 0 unspecified atom stereocenters. The Morgan fingerprint density at radius 1 is 1.32 bits per heavy atom. The average Bonchev–Trinajstić information content (AvgIpc) is 2.73. The Morgan fingerprint density at radius 3 is 2.84 bits per heavy atom. The van der Waals surface area contributed by atoms with Crippen LogP contribution in [0.4, 0.5) is 0 Å². The van der Waals surface area contributed by atoms with Crippen molar-refractivity contribution in [3.63, 3.8) is 0 Å². The number of hydrogen-bond donors (Lipinski definition) is 1. The van der Waals surface area contributed by atoms with E-state index in [0.29, 0.717) is 5.92 Å². The summed E-state index contributed by atoms with van der Waals surface area (Å²) in [6.45, 7) is 7.75. The molecule has 0 saturated carbocycles. The number of hydrogen-bond acceptors (Lipinski definition) is 3. The number of rotatable bonds is 7. The molecule has 2 aromatic rings. The summed E-state index contributed by atoms with van der Waals surface area (Å²) in [5.74, 6) is 0.595. The zero-order chi connectivity index (χ0) is 13.7. The number of nitrogens with one attached hydrogen (secondary N) is 1. The largest absolute Gasteiger partial charge is 0.383 e. The molecule has 0 radical (unpaired) electrons. The van der Waals surface area contributed by atoms with Crippen LogP contribution in [0, 0.1) is 5.92 Å². The van der Waals surface area contributed by atoms with Crippen molar-refractivity contribution < 1.29 is 4.74 Å². The lowest BCUT2D eigenvalue weighted by Crippen LogP contribution is -2.19. The maximum atomic E-state index is 5.04. The zero-order valence-electron chi connectivity index (χ0n) is 12.0. The van der Waals surface area contributed by atoms with Crippen molar-refractivity contribution in [1.82, 2.24) is 15.1 Å². The predicted octanol–water partition coefficient (Wildman–Crippen LogP) is 2.43. The number of benzene rings is 1. The smallest absolute Gasteiger partial charge is 0.0841 e. The predicted molar refractivity (Wildman–Crippen MR) is 78.2 cm³/mol. The molecule has 4 heteroatoms. The first-order chi connectivity index (χ1) is 9.22. The molecular weight excluding hydrogens is 238 g/mol. The second-order valence-corrected chi connectivity index (χ2v) is 5.21. The maximum Gasteiger partial charge on any atom is 0.0841 e. The van der Waals surface area contributed by atoms with E-state index in [2.05, 4.69) is 48.1 Å². The average molecular weight is 261 g/mol. The van der Waals surface area contributed by atoms with Gasteiger partial charge in [-0.15, -0.1) is 0 Å². The van der Waals surface area contributed by atoms with Crippen LogP contribution in [0.5, 0.6) is 0 Å². The van der Waals surface area contributed by atoms with Gasteiger partial charge < -0.3 is 10.1 Å². The molecule has 1 heterocycles. The lowest BCUT2D eigenvalue weighted by Gasteiger charge is -2.05. The highest BCUT2D eigenvalue weighted by Gasteiger charge is 2.10. The minimum Gasteiger partial charge on any atom is -0.383 e. The molecule has 4 nitrogen and oxygen atoms in total. The van der Waals surface area contributed by atoms with Gasteiger partial charge in [-0.1, -0.05) is 32.0 Å². The van der Waals surface area contributed by atoms with E-state index >= 15 is 0 Å². The molecule has 2 rings (SSSR count). The summed E-state index contributed by atoms with van der Waals surface area (Å²) >= 11 is 0. The minimum atomic E-state index is 0.595. The Hall–Kier alpha value is -1.39. The normalized spacial score (nSPS) is 11.6. The first-order valence-electron chi connectivity index (χ1n) is 6.86. The fraction of sp³-hybridized carbons (Fsp3) is 0.533. The summed E-state index contributed by atoms with van der Waals surface area (Å²) < 4.78 is 7.16. The number of nitrogens with zero attached hydrogens (tertiary/aromatic N) is 2. The first-order valence-corrected chi connectivity index (χ1v) is 6.86. The number of methoxy groups -OCH3 is 1. The maximum absolute atomic E-state index is 5.04. The standard InChI is InChI=1S/C15H23N3O/c1-12(2)11-18-15-7-5-4-6-13(15)14(17-18)10-16-8-9-19-3/h4-7,12,16H,8-11H2,1-3H3. The lowest BCUT2D eigenvalue weighted by molar-refractivity contribution is 0.199. The Bertz CT molecular complexity index is 519. The zero-order valence-corrected chi connectivity index (χ0v) is 12.0. The van der Waals surface area contributed by atoms with Crippen molar-refractivity contribution in [2.24, 2.45) is 5.92 Å². The van der Waals surface area contributed by atoms with Crippen molar-refractivity contribution in [1.29, 1.82) is 0 Å². The van der Waals surface area contributed by atoms with E-state index in [1.54, 1.807) is 7.11 Å². The first kappa shape index (κ1) is 14.0. The van der Waals surface area contributed by atoms with E-state index in [4.69, 9.17) is 9.84 Å². The molecule has 104 valence electrons. The van der Waals surface area contributed by atoms with Crippen LogP contribution in [-0.2, 0) is 17.8 Å². The second-order valence-electron chi connectivity index (χ2n) is 5.21. The third kappa shape index (κ3) is 3.55. The molecule has 0 saturated heterocycles. The molecule has 0 aliphatic carbocycles. The molecule has 1 aromatic carbocycles. The van der Waals surface area contributed by atoms with Crippen LogP contribution in [0.15, 0.2) is 24.3 Å².